The molecule has 0 fully saturated rings. The summed E-state index contributed by atoms with van der Waals surface area (Å²) in [6.07, 6.45) is -0.751. The van der Waals surface area contributed by atoms with Crippen molar-refractivity contribution in [3.63, 3.8) is 0 Å². The van der Waals surface area contributed by atoms with Crippen LogP contribution in [0.3, 0.4) is 0 Å². The first-order chi connectivity index (χ1) is 8.29. The molecule has 106 valence electrons. The molecule has 2 N–H and O–H groups in total. The van der Waals surface area contributed by atoms with Crippen molar-refractivity contribution < 1.29 is 19.4 Å². The Morgan fingerprint density at radius 2 is 1.74 bits per heavy atom. The molecule has 0 heterocycles. The molecule has 0 spiro atoms. The molecular formula is C13H18ClNO4. The number of benzene rings is 1. The Morgan fingerprint density at radius 1 is 1.21 bits per heavy atom. The molecule has 6 heteroatoms. The van der Waals surface area contributed by atoms with E-state index in [2.05, 4.69) is 5.32 Å². The fourth-order valence-corrected chi connectivity index (χ4v) is 1.36. The third kappa shape index (κ3) is 6.10. The van der Waals surface area contributed by atoms with Gasteiger partial charge in [-0.25, -0.2) is 9.59 Å². The van der Waals surface area contributed by atoms with E-state index >= 15 is 0 Å². The molecule has 0 saturated heterocycles. The molecule has 0 bridgehead atoms. The lowest BCUT2D eigenvalue weighted by molar-refractivity contribution is -0.139. The second-order valence-electron chi connectivity index (χ2n) is 4.83. The molecule has 0 aliphatic heterocycles. The number of carbonyl (C=O) groups excluding carboxylic acids is 1. The molecule has 1 amide bonds. The first-order valence-electron chi connectivity index (χ1n) is 5.57. The fourth-order valence-electron chi connectivity index (χ4n) is 1.36. The zero-order chi connectivity index (χ0) is 13.8. The van der Waals surface area contributed by atoms with E-state index in [4.69, 9.17) is 9.84 Å². The van der Waals surface area contributed by atoms with Gasteiger partial charge in [0, 0.05) is 0 Å². The van der Waals surface area contributed by atoms with Crippen molar-refractivity contribution in [1.82, 2.24) is 5.32 Å². The molecule has 1 aromatic rings. The van der Waals surface area contributed by atoms with Gasteiger partial charge in [0.1, 0.15) is 5.60 Å². The predicted molar refractivity (Wildman–Crippen MR) is 73.4 cm³/mol. The Kier molecular flexibility index (Phi) is 6.35. The molecule has 1 rings (SSSR count). The molecule has 0 aliphatic rings. The van der Waals surface area contributed by atoms with Gasteiger partial charge in [0.05, 0.1) is 0 Å². The van der Waals surface area contributed by atoms with Crippen LogP contribution in [-0.4, -0.2) is 22.8 Å². The number of amides is 1. The van der Waals surface area contributed by atoms with Gasteiger partial charge in [-0.1, -0.05) is 30.3 Å². The minimum Gasteiger partial charge on any atom is -0.479 e. The number of carboxylic acid groups (broad SMARTS) is 1. The van der Waals surface area contributed by atoms with Gasteiger partial charge in [0.2, 0.25) is 0 Å². The van der Waals surface area contributed by atoms with Gasteiger partial charge in [-0.15, -0.1) is 12.4 Å². The zero-order valence-electron chi connectivity index (χ0n) is 11.0. The monoisotopic (exact) mass is 287 g/mol. The number of hydrogen-bond donors (Lipinski definition) is 2. The van der Waals surface area contributed by atoms with Crippen molar-refractivity contribution in [2.45, 2.75) is 32.4 Å². The Balaban J connectivity index is 0.00000324. The van der Waals surface area contributed by atoms with Gasteiger partial charge < -0.3 is 15.2 Å². The van der Waals surface area contributed by atoms with Crippen molar-refractivity contribution >= 4 is 24.5 Å². The predicted octanol–water partition coefficient (Wildman–Crippen LogP) is 2.76. The van der Waals surface area contributed by atoms with Crippen LogP contribution in [0.2, 0.25) is 0 Å². The molecular weight excluding hydrogens is 270 g/mol. The van der Waals surface area contributed by atoms with Crippen LogP contribution in [0.5, 0.6) is 0 Å². The summed E-state index contributed by atoms with van der Waals surface area (Å²) in [6.45, 7) is 5.14. The van der Waals surface area contributed by atoms with Crippen molar-refractivity contribution in [2.24, 2.45) is 0 Å². The second-order valence-corrected chi connectivity index (χ2v) is 4.83. The Labute approximate surface area is 118 Å². The van der Waals surface area contributed by atoms with E-state index in [9.17, 15) is 9.59 Å². The third-order valence-electron chi connectivity index (χ3n) is 2.04. The summed E-state index contributed by atoms with van der Waals surface area (Å²) in [4.78, 5) is 22.7. The van der Waals surface area contributed by atoms with Crippen LogP contribution in [-0.2, 0) is 9.53 Å². The Bertz CT molecular complexity index is 428. The van der Waals surface area contributed by atoms with E-state index in [-0.39, 0.29) is 12.4 Å². The van der Waals surface area contributed by atoms with Gasteiger partial charge >= 0.3 is 12.1 Å². The molecule has 1 aromatic carbocycles. The molecule has 19 heavy (non-hydrogen) atoms. The van der Waals surface area contributed by atoms with Crippen molar-refractivity contribution in [1.29, 1.82) is 0 Å². The lowest BCUT2D eigenvalue weighted by Crippen LogP contribution is -2.38. The fraction of sp³-hybridized carbons (Fsp3) is 0.385. The summed E-state index contributed by atoms with van der Waals surface area (Å²) < 4.78 is 5.03. The number of alkyl carbamates (subject to hydrolysis) is 1. The summed E-state index contributed by atoms with van der Waals surface area (Å²) in [5, 5.41) is 11.4. The van der Waals surface area contributed by atoms with Gasteiger partial charge in [-0.2, -0.15) is 0 Å². The van der Waals surface area contributed by atoms with Gasteiger partial charge in [0.15, 0.2) is 6.04 Å². The number of carboxylic acids is 1. The van der Waals surface area contributed by atoms with Crippen LogP contribution in [0.4, 0.5) is 4.79 Å². The molecule has 0 saturated carbocycles. The minimum absolute atomic E-state index is 0. The maximum atomic E-state index is 11.6. The SMILES string of the molecule is CC(C)(C)OC(=O)N[C@H](C(=O)O)c1ccccc1.Cl. The van der Waals surface area contributed by atoms with E-state index in [1.807, 2.05) is 0 Å². The highest BCUT2D eigenvalue weighted by atomic mass is 35.5. The number of aliphatic carboxylic acids is 1. The number of ether oxygens (including phenoxy) is 1. The first kappa shape index (κ1) is 17.2. The van der Waals surface area contributed by atoms with Crippen LogP contribution in [0.1, 0.15) is 32.4 Å². The van der Waals surface area contributed by atoms with Crippen LogP contribution in [0.25, 0.3) is 0 Å². The third-order valence-corrected chi connectivity index (χ3v) is 2.04. The zero-order valence-corrected chi connectivity index (χ0v) is 11.9. The van der Waals surface area contributed by atoms with Gasteiger partial charge in [-0.05, 0) is 26.3 Å². The number of rotatable bonds is 3. The van der Waals surface area contributed by atoms with E-state index in [1.165, 1.54) is 0 Å². The topological polar surface area (TPSA) is 75.6 Å². The Hall–Kier alpha value is -1.75. The molecule has 0 aliphatic carbocycles. The summed E-state index contributed by atoms with van der Waals surface area (Å²) in [7, 11) is 0. The largest absolute Gasteiger partial charge is 0.479 e. The van der Waals surface area contributed by atoms with Crippen LogP contribution < -0.4 is 5.32 Å². The van der Waals surface area contributed by atoms with Crippen LogP contribution in [0, 0.1) is 0 Å². The van der Waals surface area contributed by atoms with Crippen molar-refractivity contribution in [3.8, 4) is 0 Å². The van der Waals surface area contributed by atoms with Gasteiger partial charge in [-0.3, -0.25) is 0 Å². The number of carbonyl (C=O) groups is 2. The quantitative estimate of drug-likeness (QED) is 0.896. The molecule has 0 unspecified atom stereocenters. The summed E-state index contributed by atoms with van der Waals surface area (Å²) in [5.41, 5.74) is -0.167. The smallest absolute Gasteiger partial charge is 0.408 e. The van der Waals surface area contributed by atoms with E-state index in [0.717, 1.165) is 0 Å². The maximum Gasteiger partial charge on any atom is 0.408 e. The van der Waals surface area contributed by atoms with E-state index in [1.54, 1.807) is 51.1 Å². The molecule has 0 radical (unpaired) electrons. The maximum absolute atomic E-state index is 11.6. The standard InChI is InChI=1S/C13H17NO4.ClH/c1-13(2,3)18-12(17)14-10(11(15)16)9-7-5-4-6-8-9;/h4-8,10H,1-3H3,(H,14,17)(H,15,16);1H/t10-;/m0./s1. The first-order valence-corrected chi connectivity index (χ1v) is 5.57. The van der Waals surface area contributed by atoms with E-state index < -0.39 is 23.7 Å². The lowest BCUT2D eigenvalue weighted by atomic mass is 10.1. The molecule has 5 nitrogen and oxygen atoms in total. The van der Waals surface area contributed by atoms with Crippen LogP contribution in [0.15, 0.2) is 30.3 Å². The second kappa shape index (κ2) is 6.99. The number of halogens is 1. The van der Waals surface area contributed by atoms with Crippen LogP contribution >= 0.6 is 12.4 Å². The average molecular weight is 288 g/mol. The molecule has 1 atom stereocenters. The Morgan fingerprint density at radius 3 is 2.16 bits per heavy atom. The highest BCUT2D eigenvalue weighted by Crippen LogP contribution is 2.14. The summed E-state index contributed by atoms with van der Waals surface area (Å²) in [5.74, 6) is -1.13. The van der Waals surface area contributed by atoms with Crippen molar-refractivity contribution in [3.05, 3.63) is 35.9 Å². The minimum atomic E-state index is -1.13. The lowest BCUT2D eigenvalue weighted by Gasteiger charge is -2.22. The normalized spacial score (nSPS) is 11.9. The van der Waals surface area contributed by atoms with Crippen molar-refractivity contribution in [2.75, 3.05) is 0 Å². The van der Waals surface area contributed by atoms with Gasteiger partial charge in [0.25, 0.3) is 0 Å². The van der Waals surface area contributed by atoms with E-state index in [0.29, 0.717) is 5.56 Å². The summed E-state index contributed by atoms with van der Waals surface area (Å²) >= 11 is 0. The highest BCUT2D eigenvalue weighted by Gasteiger charge is 2.24. The average Bonchev–Trinajstić information content (AvgIpc) is 2.24. The number of nitrogens with one attached hydrogen (secondary N) is 1. The highest BCUT2D eigenvalue weighted by molar-refractivity contribution is 5.85. The number of hydrogen-bond acceptors (Lipinski definition) is 3. The molecule has 0 aromatic heterocycles. The summed E-state index contributed by atoms with van der Waals surface area (Å²) in [6, 6.07) is 7.35.